The van der Waals surface area contributed by atoms with E-state index in [9.17, 15) is 4.79 Å². The summed E-state index contributed by atoms with van der Waals surface area (Å²) in [5, 5.41) is 3.25. The van der Waals surface area contributed by atoms with Crippen LogP contribution in [-0.2, 0) is 0 Å². The number of hydrogen-bond acceptors (Lipinski definition) is 3. The highest BCUT2D eigenvalue weighted by Gasteiger charge is 2.45. The van der Waals surface area contributed by atoms with E-state index in [1.54, 1.807) is 17.0 Å². The smallest absolute Gasteiger partial charge is 0.293 e. The maximum atomic E-state index is 12.2. The molecule has 0 amide bonds. The zero-order chi connectivity index (χ0) is 13.3. The average Bonchev–Trinajstić information content (AvgIpc) is 3.08. The lowest BCUT2D eigenvalue weighted by atomic mass is 9.92. The third kappa shape index (κ3) is 2.42. The van der Waals surface area contributed by atoms with E-state index in [2.05, 4.69) is 24.1 Å². The third-order valence-corrected chi connectivity index (χ3v) is 4.15. The second-order valence-electron chi connectivity index (χ2n) is 5.95. The number of nitrogens with zero attached hydrogens (tertiary/aromatic N) is 2. The Morgan fingerprint density at radius 2 is 2.06 bits per heavy atom. The Balaban J connectivity index is 2.11. The lowest BCUT2D eigenvalue weighted by molar-refractivity contribution is 0.379. The van der Waals surface area contributed by atoms with Gasteiger partial charge in [0.2, 0.25) is 0 Å². The van der Waals surface area contributed by atoms with Gasteiger partial charge in [0.05, 0.1) is 0 Å². The normalized spacial score (nSPS) is 17.2. The third-order valence-electron chi connectivity index (χ3n) is 4.15. The molecule has 1 N–H and O–H groups in total. The van der Waals surface area contributed by atoms with Gasteiger partial charge in [0, 0.05) is 25.0 Å². The molecule has 1 heterocycles. The zero-order valence-corrected chi connectivity index (χ0v) is 11.7. The highest BCUT2D eigenvalue weighted by molar-refractivity contribution is 5.32. The minimum absolute atomic E-state index is 0.0212. The highest BCUT2D eigenvalue weighted by atomic mass is 16.1. The van der Waals surface area contributed by atoms with E-state index >= 15 is 0 Å². The van der Waals surface area contributed by atoms with Crippen molar-refractivity contribution in [2.24, 2.45) is 11.3 Å². The van der Waals surface area contributed by atoms with Gasteiger partial charge in [-0.25, -0.2) is 4.98 Å². The molecule has 0 saturated heterocycles. The Morgan fingerprint density at radius 1 is 1.39 bits per heavy atom. The number of aromatic nitrogens is 2. The van der Waals surface area contributed by atoms with E-state index in [1.807, 2.05) is 13.8 Å². The fourth-order valence-corrected chi connectivity index (χ4v) is 2.33. The SMILES string of the molecule is CC(C)n1ccnc(NCC2(C(C)C)CC2)c1=O. The Hall–Kier alpha value is -1.32. The van der Waals surface area contributed by atoms with Crippen LogP contribution in [0.1, 0.15) is 46.6 Å². The largest absolute Gasteiger partial charge is 0.365 e. The molecule has 1 aromatic heterocycles. The van der Waals surface area contributed by atoms with Gasteiger partial charge in [-0.15, -0.1) is 0 Å². The number of nitrogens with one attached hydrogen (secondary N) is 1. The predicted molar refractivity (Wildman–Crippen MR) is 73.9 cm³/mol. The molecule has 4 heteroatoms. The second kappa shape index (κ2) is 4.75. The Kier molecular flexibility index (Phi) is 3.46. The van der Waals surface area contributed by atoms with Crippen LogP contribution in [0.2, 0.25) is 0 Å². The van der Waals surface area contributed by atoms with Crippen LogP contribution in [0.5, 0.6) is 0 Å². The van der Waals surface area contributed by atoms with Gasteiger partial charge >= 0.3 is 0 Å². The zero-order valence-electron chi connectivity index (χ0n) is 11.7. The molecule has 1 aromatic rings. The Labute approximate surface area is 108 Å². The van der Waals surface area contributed by atoms with Crippen molar-refractivity contribution in [2.75, 3.05) is 11.9 Å². The van der Waals surface area contributed by atoms with E-state index in [-0.39, 0.29) is 11.6 Å². The van der Waals surface area contributed by atoms with Crippen molar-refractivity contribution in [1.82, 2.24) is 9.55 Å². The lowest BCUT2D eigenvalue weighted by Crippen LogP contribution is -2.29. The minimum atomic E-state index is -0.0212. The molecular weight excluding hydrogens is 226 g/mol. The molecule has 1 aliphatic carbocycles. The monoisotopic (exact) mass is 249 g/mol. The van der Waals surface area contributed by atoms with E-state index in [0.717, 1.165) is 6.54 Å². The van der Waals surface area contributed by atoms with Crippen LogP contribution in [0.3, 0.4) is 0 Å². The molecule has 2 rings (SSSR count). The van der Waals surface area contributed by atoms with Crippen molar-refractivity contribution in [2.45, 2.75) is 46.6 Å². The fourth-order valence-electron chi connectivity index (χ4n) is 2.33. The van der Waals surface area contributed by atoms with Crippen molar-refractivity contribution in [3.05, 3.63) is 22.7 Å². The van der Waals surface area contributed by atoms with Gasteiger partial charge in [0.15, 0.2) is 5.82 Å². The topological polar surface area (TPSA) is 46.9 Å². The van der Waals surface area contributed by atoms with Crippen LogP contribution in [0.4, 0.5) is 5.82 Å². The number of rotatable bonds is 5. The van der Waals surface area contributed by atoms with Gasteiger partial charge in [0.25, 0.3) is 5.56 Å². The summed E-state index contributed by atoms with van der Waals surface area (Å²) in [6, 6.07) is 0.168. The van der Waals surface area contributed by atoms with Crippen LogP contribution in [0.15, 0.2) is 17.2 Å². The standard InChI is InChI=1S/C14H23N3O/c1-10(2)14(5-6-14)9-16-12-13(18)17(11(3)4)8-7-15-12/h7-8,10-11H,5-6,9H2,1-4H3,(H,15,16). The summed E-state index contributed by atoms with van der Waals surface area (Å²) in [6.45, 7) is 9.36. The van der Waals surface area contributed by atoms with E-state index in [4.69, 9.17) is 0 Å². The minimum Gasteiger partial charge on any atom is -0.365 e. The van der Waals surface area contributed by atoms with Crippen LogP contribution in [0, 0.1) is 11.3 Å². The molecule has 18 heavy (non-hydrogen) atoms. The van der Waals surface area contributed by atoms with Gasteiger partial charge < -0.3 is 9.88 Å². The number of anilines is 1. The lowest BCUT2D eigenvalue weighted by Gasteiger charge is -2.20. The van der Waals surface area contributed by atoms with Gasteiger partial charge in [-0.1, -0.05) is 13.8 Å². The molecule has 1 aliphatic rings. The summed E-state index contributed by atoms with van der Waals surface area (Å²) in [5.74, 6) is 1.14. The quantitative estimate of drug-likeness (QED) is 0.872. The maximum Gasteiger partial charge on any atom is 0.293 e. The molecule has 0 aromatic carbocycles. The molecule has 100 valence electrons. The summed E-state index contributed by atoms with van der Waals surface area (Å²) >= 11 is 0. The van der Waals surface area contributed by atoms with Crippen molar-refractivity contribution in [1.29, 1.82) is 0 Å². The fraction of sp³-hybridized carbons (Fsp3) is 0.714. The Bertz CT molecular complexity index is 472. The molecule has 4 nitrogen and oxygen atoms in total. The summed E-state index contributed by atoms with van der Waals surface area (Å²) in [6.07, 6.45) is 5.94. The van der Waals surface area contributed by atoms with Gasteiger partial charge in [-0.3, -0.25) is 4.79 Å². The second-order valence-corrected chi connectivity index (χ2v) is 5.95. The molecule has 0 atom stereocenters. The molecule has 0 unspecified atom stereocenters. The van der Waals surface area contributed by atoms with Crippen LogP contribution < -0.4 is 10.9 Å². The van der Waals surface area contributed by atoms with Crippen LogP contribution >= 0.6 is 0 Å². The molecular formula is C14H23N3O. The average molecular weight is 249 g/mol. The first-order valence-electron chi connectivity index (χ1n) is 6.77. The molecule has 0 spiro atoms. The molecule has 0 radical (unpaired) electrons. The van der Waals surface area contributed by atoms with Crippen molar-refractivity contribution in [3.63, 3.8) is 0 Å². The van der Waals surface area contributed by atoms with Crippen molar-refractivity contribution >= 4 is 5.82 Å². The first-order valence-corrected chi connectivity index (χ1v) is 6.77. The van der Waals surface area contributed by atoms with Crippen LogP contribution in [-0.4, -0.2) is 16.1 Å². The van der Waals surface area contributed by atoms with E-state index in [1.165, 1.54) is 12.8 Å². The van der Waals surface area contributed by atoms with E-state index in [0.29, 0.717) is 17.2 Å². The van der Waals surface area contributed by atoms with Gasteiger partial charge in [0.1, 0.15) is 0 Å². The summed E-state index contributed by atoms with van der Waals surface area (Å²) in [5.41, 5.74) is 0.360. The predicted octanol–water partition coefficient (Wildman–Crippen LogP) is 2.67. The first kappa shape index (κ1) is 13.1. The summed E-state index contributed by atoms with van der Waals surface area (Å²) in [7, 11) is 0. The summed E-state index contributed by atoms with van der Waals surface area (Å²) < 4.78 is 1.71. The summed E-state index contributed by atoms with van der Waals surface area (Å²) in [4.78, 5) is 16.3. The molecule has 0 aliphatic heterocycles. The van der Waals surface area contributed by atoms with Gasteiger partial charge in [-0.2, -0.15) is 0 Å². The first-order chi connectivity index (χ1) is 8.46. The maximum absolute atomic E-state index is 12.2. The highest BCUT2D eigenvalue weighted by Crippen LogP contribution is 2.51. The van der Waals surface area contributed by atoms with E-state index < -0.39 is 0 Å². The molecule has 1 fully saturated rings. The number of hydrogen-bond donors (Lipinski definition) is 1. The van der Waals surface area contributed by atoms with Crippen LogP contribution in [0.25, 0.3) is 0 Å². The molecule has 1 saturated carbocycles. The Morgan fingerprint density at radius 3 is 2.56 bits per heavy atom. The van der Waals surface area contributed by atoms with Gasteiger partial charge in [-0.05, 0) is 38.0 Å². The molecule has 0 bridgehead atoms. The van der Waals surface area contributed by atoms with Crippen molar-refractivity contribution < 1.29 is 0 Å². The van der Waals surface area contributed by atoms with Crippen molar-refractivity contribution in [3.8, 4) is 0 Å².